The van der Waals surface area contributed by atoms with Gasteiger partial charge in [-0.2, -0.15) is 5.10 Å². The number of rotatable bonds is 6. The molecule has 0 unspecified atom stereocenters. The number of nitrogens with two attached hydrogens (primary N) is 1. The minimum absolute atomic E-state index is 0.202. The maximum Gasteiger partial charge on any atom is 0.340 e. The summed E-state index contributed by atoms with van der Waals surface area (Å²) in [4.78, 5) is 11.2. The van der Waals surface area contributed by atoms with E-state index in [1.807, 2.05) is 0 Å². The minimum atomic E-state index is -1.30. The highest BCUT2D eigenvalue weighted by molar-refractivity contribution is 6.00. The van der Waals surface area contributed by atoms with Crippen molar-refractivity contribution in [3.63, 3.8) is 0 Å². The molecule has 21 heavy (non-hydrogen) atoms. The topological polar surface area (TPSA) is 102 Å². The van der Waals surface area contributed by atoms with Gasteiger partial charge in [-0.3, -0.25) is 4.68 Å². The number of anilines is 3. The Balaban J connectivity index is 2.25. The first-order chi connectivity index (χ1) is 10.0. The van der Waals surface area contributed by atoms with E-state index in [-0.39, 0.29) is 11.3 Å². The lowest BCUT2D eigenvalue weighted by atomic mass is 10.1. The lowest BCUT2D eigenvalue weighted by molar-refractivity contribution is 0.0698. The Morgan fingerprint density at radius 3 is 3.00 bits per heavy atom. The highest BCUT2D eigenvalue weighted by Crippen LogP contribution is 2.27. The zero-order valence-electron chi connectivity index (χ0n) is 11.3. The first-order valence-electron chi connectivity index (χ1n) is 6.12. The molecular weight excluding hydrogens is 279 g/mol. The molecule has 0 aliphatic rings. The van der Waals surface area contributed by atoms with Crippen molar-refractivity contribution in [1.82, 2.24) is 9.78 Å². The molecule has 4 N–H and O–H groups in total. The van der Waals surface area contributed by atoms with E-state index >= 15 is 0 Å². The van der Waals surface area contributed by atoms with Gasteiger partial charge in [0.05, 0.1) is 36.4 Å². The second kappa shape index (κ2) is 6.23. The van der Waals surface area contributed by atoms with Gasteiger partial charge >= 0.3 is 5.97 Å². The van der Waals surface area contributed by atoms with Gasteiger partial charge in [0, 0.05) is 13.3 Å². The van der Waals surface area contributed by atoms with Crippen LogP contribution in [0.3, 0.4) is 0 Å². The second-order valence-corrected chi connectivity index (χ2v) is 4.30. The monoisotopic (exact) mass is 294 g/mol. The summed E-state index contributed by atoms with van der Waals surface area (Å²) in [7, 11) is 1.59. The van der Waals surface area contributed by atoms with Crippen LogP contribution in [0.2, 0.25) is 0 Å². The molecule has 0 bridgehead atoms. The molecule has 112 valence electrons. The van der Waals surface area contributed by atoms with Crippen LogP contribution in [0.1, 0.15) is 10.4 Å². The molecule has 0 saturated heterocycles. The Labute approximate surface area is 120 Å². The molecule has 0 atom stereocenters. The minimum Gasteiger partial charge on any atom is -0.478 e. The summed E-state index contributed by atoms with van der Waals surface area (Å²) in [6.45, 7) is 1.07. The maximum atomic E-state index is 13.4. The third-order valence-electron chi connectivity index (χ3n) is 2.84. The number of nitrogens with zero attached hydrogens (tertiary/aromatic N) is 2. The number of hydrogen-bond donors (Lipinski definition) is 3. The average Bonchev–Trinajstić information content (AvgIpc) is 2.88. The summed E-state index contributed by atoms with van der Waals surface area (Å²) in [5.41, 5.74) is 5.54. The molecule has 1 aromatic heterocycles. The van der Waals surface area contributed by atoms with Crippen molar-refractivity contribution in [2.24, 2.45) is 0 Å². The zero-order chi connectivity index (χ0) is 15.4. The van der Waals surface area contributed by atoms with Gasteiger partial charge in [-0.15, -0.1) is 0 Å². The van der Waals surface area contributed by atoms with E-state index in [1.54, 1.807) is 18.0 Å². The van der Waals surface area contributed by atoms with Gasteiger partial charge in [-0.25, -0.2) is 9.18 Å². The molecule has 8 heteroatoms. The summed E-state index contributed by atoms with van der Waals surface area (Å²) < 4.78 is 19.9. The Hall–Kier alpha value is -2.61. The quantitative estimate of drug-likeness (QED) is 0.701. The highest BCUT2D eigenvalue weighted by Gasteiger charge is 2.17. The van der Waals surface area contributed by atoms with Gasteiger partial charge in [0.15, 0.2) is 0 Å². The van der Waals surface area contributed by atoms with Crippen LogP contribution in [-0.2, 0) is 11.3 Å². The Kier molecular flexibility index (Phi) is 4.39. The van der Waals surface area contributed by atoms with Crippen LogP contribution >= 0.6 is 0 Å². The van der Waals surface area contributed by atoms with Crippen molar-refractivity contribution in [1.29, 1.82) is 0 Å². The van der Waals surface area contributed by atoms with Crippen LogP contribution in [0.4, 0.5) is 21.5 Å². The van der Waals surface area contributed by atoms with Crippen LogP contribution in [0.5, 0.6) is 0 Å². The van der Waals surface area contributed by atoms with Crippen LogP contribution in [0.15, 0.2) is 24.5 Å². The molecular formula is C13H15FN4O3. The van der Waals surface area contributed by atoms with Crippen LogP contribution < -0.4 is 11.1 Å². The van der Waals surface area contributed by atoms with Gasteiger partial charge in [0.1, 0.15) is 11.4 Å². The zero-order valence-corrected chi connectivity index (χ0v) is 11.3. The summed E-state index contributed by atoms with van der Waals surface area (Å²) in [6.07, 6.45) is 3.21. The molecule has 1 heterocycles. The van der Waals surface area contributed by atoms with Crippen molar-refractivity contribution in [3.8, 4) is 0 Å². The number of hydrogen-bond acceptors (Lipinski definition) is 5. The second-order valence-electron chi connectivity index (χ2n) is 4.30. The molecule has 0 spiro atoms. The number of carboxylic acid groups (broad SMARTS) is 1. The lowest BCUT2D eigenvalue weighted by Gasteiger charge is -2.10. The lowest BCUT2D eigenvalue weighted by Crippen LogP contribution is -2.08. The largest absolute Gasteiger partial charge is 0.478 e. The fourth-order valence-electron chi connectivity index (χ4n) is 1.82. The molecule has 0 aliphatic heterocycles. The fraction of sp³-hybridized carbons (Fsp3) is 0.231. The number of aromatic nitrogens is 2. The normalized spacial score (nSPS) is 10.6. The summed E-state index contributed by atoms with van der Waals surface area (Å²) in [5, 5.41) is 16.1. The summed E-state index contributed by atoms with van der Waals surface area (Å²) >= 11 is 0. The maximum absolute atomic E-state index is 13.4. The van der Waals surface area contributed by atoms with E-state index in [2.05, 4.69) is 10.4 Å². The van der Waals surface area contributed by atoms with Crippen molar-refractivity contribution in [2.75, 3.05) is 24.8 Å². The molecule has 2 aromatic rings. The van der Waals surface area contributed by atoms with Crippen molar-refractivity contribution < 1.29 is 19.0 Å². The molecule has 0 radical (unpaired) electrons. The fourth-order valence-corrected chi connectivity index (χ4v) is 1.82. The van der Waals surface area contributed by atoms with Gasteiger partial charge in [-0.1, -0.05) is 0 Å². The van der Waals surface area contributed by atoms with E-state index in [0.717, 1.165) is 6.07 Å². The molecule has 7 nitrogen and oxygen atoms in total. The van der Waals surface area contributed by atoms with Crippen LogP contribution in [0.25, 0.3) is 0 Å². The number of aromatic carboxylic acids is 1. The third-order valence-corrected chi connectivity index (χ3v) is 2.84. The van der Waals surface area contributed by atoms with E-state index in [0.29, 0.717) is 18.8 Å². The van der Waals surface area contributed by atoms with Gasteiger partial charge in [-0.05, 0) is 12.1 Å². The number of carboxylic acids is 1. The Morgan fingerprint density at radius 1 is 1.57 bits per heavy atom. The van der Waals surface area contributed by atoms with Gasteiger partial charge < -0.3 is 20.9 Å². The molecule has 1 aromatic carbocycles. The summed E-state index contributed by atoms with van der Waals surface area (Å²) in [6, 6.07) is 2.43. The van der Waals surface area contributed by atoms with E-state index < -0.39 is 17.5 Å². The van der Waals surface area contributed by atoms with Crippen LogP contribution in [-0.4, -0.2) is 34.6 Å². The molecule has 0 saturated carbocycles. The van der Waals surface area contributed by atoms with Gasteiger partial charge in [0.2, 0.25) is 0 Å². The predicted molar refractivity (Wildman–Crippen MR) is 75.2 cm³/mol. The molecule has 0 aliphatic carbocycles. The summed E-state index contributed by atoms with van der Waals surface area (Å²) in [5.74, 6) is -2.07. The number of nitrogens with one attached hydrogen (secondary N) is 1. The molecule has 0 fully saturated rings. The van der Waals surface area contributed by atoms with E-state index in [9.17, 15) is 9.18 Å². The highest BCUT2D eigenvalue weighted by atomic mass is 19.1. The average molecular weight is 294 g/mol. The smallest absolute Gasteiger partial charge is 0.340 e. The molecule has 2 rings (SSSR count). The molecule has 0 amide bonds. The first kappa shape index (κ1) is 14.8. The number of halogens is 1. The first-order valence-corrected chi connectivity index (χ1v) is 6.12. The number of nitrogen functional groups attached to an aromatic ring is 1. The number of ether oxygens (including phenoxy) is 1. The van der Waals surface area contributed by atoms with Gasteiger partial charge in [0.25, 0.3) is 0 Å². The van der Waals surface area contributed by atoms with Crippen LogP contribution in [0, 0.1) is 5.82 Å². The third kappa shape index (κ3) is 3.29. The van der Waals surface area contributed by atoms with E-state index in [4.69, 9.17) is 15.6 Å². The van der Waals surface area contributed by atoms with Crippen molar-refractivity contribution in [3.05, 3.63) is 35.9 Å². The van der Waals surface area contributed by atoms with E-state index in [1.165, 1.54) is 12.3 Å². The number of carbonyl (C=O) groups is 1. The number of benzene rings is 1. The Morgan fingerprint density at radius 2 is 2.33 bits per heavy atom. The number of methoxy groups -OCH3 is 1. The standard InChI is InChI=1S/C13H15FN4O3/c1-21-5-4-18-7-8(6-16-18)17-10-3-2-9(14)12(15)11(10)13(19)20/h2-3,6-7,17H,4-5,15H2,1H3,(H,19,20). The Bertz CT molecular complexity index is 657. The predicted octanol–water partition coefficient (Wildman–Crippen LogP) is 1.69. The van der Waals surface area contributed by atoms with Crippen molar-refractivity contribution >= 4 is 23.0 Å². The SMILES string of the molecule is COCCn1cc(Nc2ccc(F)c(N)c2C(=O)O)cn1. The van der Waals surface area contributed by atoms with Crippen molar-refractivity contribution in [2.45, 2.75) is 6.54 Å².